The van der Waals surface area contributed by atoms with Crippen molar-refractivity contribution in [2.45, 2.75) is 45.7 Å². The summed E-state index contributed by atoms with van der Waals surface area (Å²) in [5, 5.41) is 11.4. The van der Waals surface area contributed by atoms with Crippen LogP contribution >= 0.6 is 35.3 Å². The maximum Gasteiger partial charge on any atom is 0.191 e. The third kappa shape index (κ3) is 7.33. The second kappa shape index (κ2) is 12.4. The molecule has 0 bridgehead atoms. The summed E-state index contributed by atoms with van der Waals surface area (Å²) in [4.78, 5) is 11.5. The van der Waals surface area contributed by atoms with Gasteiger partial charge >= 0.3 is 0 Å². The molecule has 0 amide bonds. The summed E-state index contributed by atoms with van der Waals surface area (Å²) < 4.78 is 0. The van der Waals surface area contributed by atoms with Crippen LogP contribution in [0.4, 0.5) is 0 Å². The average molecular weight is 513 g/mol. The summed E-state index contributed by atoms with van der Waals surface area (Å²) in [5.41, 5.74) is 4.00. The minimum absolute atomic E-state index is 0. The van der Waals surface area contributed by atoms with Crippen molar-refractivity contribution in [3.63, 3.8) is 0 Å². The number of hydrogen-bond acceptors (Lipinski definition) is 4. The third-order valence-electron chi connectivity index (χ3n) is 5.05. The molecule has 5 nitrogen and oxygen atoms in total. The van der Waals surface area contributed by atoms with E-state index in [0.29, 0.717) is 6.04 Å². The van der Waals surface area contributed by atoms with Gasteiger partial charge in [-0.1, -0.05) is 0 Å². The predicted octanol–water partition coefficient (Wildman–Crippen LogP) is 3.83. The van der Waals surface area contributed by atoms with Crippen molar-refractivity contribution >= 4 is 41.3 Å². The average Bonchev–Trinajstić information content (AvgIpc) is 3.18. The second-order valence-electron chi connectivity index (χ2n) is 7.14. The zero-order valence-corrected chi connectivity index (χ0v) is 20.0. The first kappa shape index (κ1) is 23.1. The summed E-state index contributed by atoms with van der Waals surface area (Å²) in [6.45, 7) is 9.27. The maximum absolute atomic E-state index is 4.79. The Labute approximate surface area is 190 Å². The van der Waals surface area contributed by atoms with Crippen LogP contribution < -0.4 is 10.6 Å². The number of thiophene rings is 1. The Bertz CT molecular complexity index is 711. The Hall–Kier alpha value is -1.19. The van der Waals surface area contributed by atoms with Crippen molar-refractivity contribution in [3.05, 3.63) is 52.0 Å². The van der Waals surface area contributed by atoms with E-state index >= 15 is 0 Å². The number of halogens is 1. The van der Waals surface area contributed by atoms with E-state index in [1.807, 2.05) is 12.4 Å². The van der Waals surface area contributed by atoms with Crippen LogP contribution in [0.15, 0.2) is 40.3 Å². The third-order valence-corrected chi connectivity index (χ3v) is 5.78. The highest BCUT2D eigenvalue weighted by Crippen LogP contribution is 2.15. The van der Waals surface area contributed by atoms with E-state index in [9.17, 15) is 0 Å². The lowest BCUT2D eigenvalue weighted by atomic mass is 10.0. The van der Waals surface area contributed by atoms with Gasteiger partial charge in [0.05, 0.1) is 0 Å². The van der Waals surface area contributed by atoms with Crippen LogP contribution in [0.5, 0.6) is 0 Å². The minimum Gasteiger partial charge on any atom is -0.357 e. The summed E-state index contributed by atoms with van der Waals surface area (Å²) in [6, 6.07) is 4.83. The van der Waals surface area contributed by atoms with Crippen molar-refractivity contribution in [2.75, 3.05) is 26.2 Å². The van der Waals surface area contributed by atoms with Gasteiger partial charge in [-0.05, 0) is 72.7 Å². The van der Waals surface area contributed by atoms with E-state index in [1.54, 1.807) is 11.3 Å². The van der Waals surface area contributed by atoms with Gasteiger partial charge in [0, 0.05) is 51.2 Å². The number of nitrogens with zero attached hydrogens (tertiary/aromatic N) is 3. The number of rotatable bonds is 7. The highest BCUT2D eigenvalue weighted by molar-refractivity contribution is 14.0. The van der Waals surface area contributed by atoms with Gasteiger partial charge in [-0.15, -0.1) is 24.0 Å². The molecule has 1 aliphatic heterocycles. The van der Waals surface area contributed by atoms with Gasteiger partial charge in [-0.2, -0.15) is 11.3 Å². The molecule has 3 heterocycles. The molecule has 154 valence electrons. The molecule has 0 aliphatic carbocycles. The molecule has 7 heteroatoms. The number of hydrogen-bond donors (Lipinski definition) is 2. The molecule has 1 fully saturated rings. The van der Waals surface area contributed by atoms with Crippen molar-refractivity contribution in [3.8, 4) is 0 Å². The molecule has 0 saturated carbocycles. The van der Waals surface area contributed by atoms with E-state index in [4.69, 9.17) is 4.99 Å². The molecule has 0 unspecified atom stereocenters. The predicted molar refractivity (Wildman–Crippen MR) is 130 cm³/mol. The number of guanidine groups is 1. The summed E-state index contributed by atoms with van der Waals surface area (Å²) in [6.07, 6.45) is 7.06. The molecule has 3 rings (SSSR count). The normalized spacial score (nSPS) is 15.9. The van der Waals surface area contributed by atoms with E-state index < -0.39 is 0 Å². The van der Waals surface area contributed by atoms with E-state index in [0.717, 1.165) is 57.9 Å². The molecule has 2 aromatic heterocycles. The van der Waals surface area contributed by atoms with Gasteiger partial charge in [0.15, 0.2) is 5.96 Å². The van der Waals surface area contributed by atoms with E-state index in [1.165, 1.54) is 16.7 Å². The van der Waals surface area contributed by atoms with Crippen LogP contribution in [-0.4, -0.2) is 48.1 Å². The number of likely N-dealkylation sites (tertiary alicyclic amines) is 1. The number of pyridine rings is 1. The fourth-order valence-electron chi connectivity index (χ4n) is 3.46. The topological polar surface area (TPSA) is 52.6 Å². The first-order chi connectivity index (χ1) is 13.2. The molecule has 1 saturated heterocycles. The molecule has 0 aromatic carbocycles. The van der Waals surface area contributed by atoms with E-state index in [-0.39, 0.29) is 24.0 Å². The fourth-order valence-corrected chi connectivity index (χ4v) is 4.12. The summed E-state index contributed by atoms with van der Waals surface area (Å²) >= 11 is 1.78. The maximum atomic E-state index is 4.79. The van der Waals surface area contributed by atoms with Crippen molar-refractivity contribution in [1.82, 2.24) is 20.5 Å². The molecule has 1 aliphatic rings. The quantitative estimate of drug-likeness (QED) is 0.336. The first-order valence-corrected chi connectivity index (χ1v) is 10.9. The van der Waals surface area contributed by atoms with Crippen LogP contribution in [0.25, 0.3) is 0 Å². The number of piperidine rings is 1. The van der Waals surface area contributed by atoms with Gasteiger partial charge in [0.1, 0.15) is 0 Å². The summed E-state index contributed by atoms with van der Waals surface area (Å²) in [5.74, 6) is 0.945. The highest BCUT2D eigenvalue weighted by Gasteiger charge is 2.20. The molecule has 2 aromatic rings. The van der Waals surface area contributed by atoms with Crippen LogP contribution in [0.3, 0.4) is 0 Å². The molecule has 0 atom stereocenters. The minimum atomic E-state index is 0. The van der Waals surface area contributed by atoms with Gasteiger partial charge in [-0.3, -0.25) is 14.9 Å². The number of aromatic nitrogens is 1. The second-order valence-corrected chi connectivity index (χ2v) is 7.92. The monoisotopic (exact) mass is 513 g/mol. The smallest absolute Gasteiger partial charge is 0.191 e. The Morgan fingerprint density at radius 1 is 1.32 bits per heavy atom. The van der Waals surface area contributed by atoms with Gasteiger partial charge in [0.25, 0.3) is 0 Å². The SMILES string of the molecule is CCNC(=NCCc1ccncc1C)NC1CCN(Cc2ccsc2)CC1.I. The van der Waals surface area contributed by atoms with Crippen LogP contribution in [0.1, 0.15) is 36.5 Å². The molecular weight excluding hydrogens is 481 g/mol. The van der Waals surface area contributed by atoms with Gasteiger partial charge in [-0.25, -0.2) is 0 Å². The van der Waals surface area contributed by atoms with Crippen molar-refractivity contribution in [2.24, 2.45) is 4.99 Å². The number of nitrogens with one attached hydrogen (secondary N) is 2. The number of aliphatic imine (C=N–C) groups is 1. The fraction of sp³-hybridized carbons (Fsp3) is 0.524. The molecule has 0 radical (unpaired) electrons. The van der Waals surface area contributed by atoms with E-state index in [2.05, 4.69) is 57.3 Å². The zero-order chi connectivity index (χ0) is 18.9. The lowest BCUT2D eigenvalue weighted by Crippen LogP contribution is -2.48. The Morgan fingerprint density at radius 3 is 2.82 bits per heavy atom. The highest BCUT2D eigenvalue weighted by atomic mass is 127. The molecule has 2 N–H and O–H groups in total. The largest absolute Gasteiger partial charge is 0.357 e. The van der Waals surface area contributed by atoms with Crippen LogP contribution in [0, 0.1) is 6.92 Å². The first-order valence-electron chi connectivity index (χ1n) is 9.92. The lowest BCUT2D eigenvalue weighted by Gasteiger charge is -2.33. The van der Waals surface area contributed by atoms with Gasteiger partial charge in [0.2, 0.25) is 0 Å². The Balaban J connectivity index is 0.00000280. The number of aryl methyl sites for hydroxylation is 1. The standard InChI is InChI=1S/C21H31N5S.HI/c1-3-23-21(24-10-5-19-4-9-22-14-17(19)2)25-20-6-11-26(12-7-20)15-18-8-13-27-16-18;/h4,8-9,13-14,16,20H,3,5-7,10-12,15H2,1-2H3,(H2,23,24,25);1H. The van der Waals surface area contributed by atoms with Crippen LogP contribution in [-0.2, 0) is 13.0 Å². The summed E-state index contributed by atoms with van der Waals surface area (Å²) in [7, 11) is 0. The Morgan fingerprint density at radius 2 is 2.14 bits per heavy atom. The zero-order valence-electron chi connectivity index (χ0n) is 16.9. The molecule has 0 spiro atoms. The van der Waals surface area contributed by atoms with Crippen LogP contribution in [0.2, 0.25) is 0 Å². The lowest BCUT2D eigenvalue weighted by molar-refractivity contribution is 0.198. The van der Waals surface area contributed by atoms with Crippen molar-refractivity contribution < 1.29 is 0 Å². The van der Waals surface area contributed by atoms with Crippen molar-refractivity contribution in [1.29, 1.82) is 0 Å². The Kier molecular flexibility index (Phi) is 10.2. The molecular formula is C21H32IN5S. The molecule has 28 heavy (non-hydrogen) atoms. The van der Waals surface area contributed by atoms with Gasteiger partial charge < -0.3 is 10.6 Å².